The zero-order valence-electron chi connectivity index (χ0n) is 10.6. The first-order valence-electron chi connectivity index (χ1n) is 5.65. The Kier molecular flexibility index (Phi) is 3.66. The number of nitrogens with zero attached hydrogens (tertiary/aromatic N) is 2. The molecular weight excluding hydrogens is 264 g/mol. The van der Waals surface area contributed by atoms with Gasteiger partial charge < -0.3 is 5.73 Å². The first-order valence-corrected chi connectivity index (χ1v) is 6.03. The molecule has 6 heteroatoms. The van der Waals surface area contributed by atoms with Crippen LogP contribution in [0.3, 0.4) is 0 Å². The molecule has 98 valence electrons. The largest absolute Gasteiger partial charge is 0.397 e. The van der Waals surface area contributed by atoms with Crippen molar-refractivity contribution in [3.8, 4) is 0 Å². The van der Waals surface area contributed by atoms with Crippen molar-refractivity contribution in [2.45, 2.75) is 13.8 Å². The number of halogens is 1. The molecule has 0 unspecified atom stereocenters. The molecule has 1 aromatic heterocycles. The number of aromatic nitrogens is 2. The second kappa shape index (κ2) is 5.24. The molecule has 3 N–H and O–H groups in total. The van der Waals surface area contributed by atoms with Gasteiger partial charge in [-0.15, -0.1) is 0 Å². The van der Waals surface area contributed by atoms with E-state index >= 15 is 0 Å². The molecule has 2 rings (SSSR count). The minimum atomic E-state index is -0.384. The van der Waals surface area contributed by atoms with Gasteiger partial charge in [0.2, 0.25) is 5.95 Å². The Morgan fingerprint density at radius 3 is 2.53 bits per heavy atom. The third-order valence-corrected chi connectivity index (χ3v) is 2.83. The third kappa shape index (κ3) is 3.00. The van der Waals surface area contributed by atoms with Crippen molar-refractivity contribution in [3.63, 3.8) is 0 Å². The van der Waals surface area contributed by atoms with E-state index in [2.05, 4.69) is 15.3 Å². The van der Waals surface area contributed by atoms with E-state index in [4.69, 9.17) is 17.3 Å². The third-order valence-electron chi connectivity index (χ3n) is 2.51. The highest BCUT2D eigenvalue weighted by Crippen LogP contribution is 2.22. The predicted octanol–water partition coefficient (Wildman–Crippen LogP) is 2.58. The Labute approximate surface area is 115 Å². The Hall–Kier alpha value is -2.14. The van der Waals surface area contributed by atoms with E-state index in [1.54, 1.807) is 18.2 Å². The maximum Gasteiger partial charge on any atom is 0.260 e. The number of carbonyl (C=O) groups is 1. The second-order valence-electron chi connectivity index (χ2n) is 4.13. The Morgan fingerprint density at radius 2 is 1.89 bits per heavy atom. The van der Waals surface area contributed by atoms with Gasteiger partial charge in [0.15, 0.2) is 0 Å². The molecule has 0 aliphatic carbocycles. The summed E-state index contributed by atoms with van der Waals surface area (Å²) in [6, 6.07) is 6.71. The predicted molar refractivity (Wildman–Crippen MR) is 75.3 cm³/mol. The van der Waals surface area contributed by atoms with Gasteiger partial charge in [-0.25, -0.2) is 9.97 Å². The summed E-state index contributed by atoms with van der Waals surface area (Å²) in [5, 5.41) is 2.95. The molecule has 0 spiro atoms. The standard InChI is InChI=1S/C13H13ClN4O/c1-7-6-8(2)17-13(16-7)18-12(19)9-4-3-5-10(14)11(9)15/h3-6H,15H2,1-2H3,(H,16,17,18,19). The molecule has 0 radical (unpaired) electrons. The average Bonchev–Trinajstić information content (AvgIpc) is 2.31. The fourth-order valence-electron chi connectivity index (χ4n) is 1.69. The molecule has 19 heavy (non-hydrogen) atoms. The SMILES string of the molecule is Cc1cc(C)nc(NC(=O)c2cccc(Cl)c2N)n1. The smallest absolute Gasteiger partial charge is 0.260 e. The maximum absolute atomic E-state index is 12.1. The zero-order valence-corrected chi connectivity index (χ0v) is 11.3. The molecule has 1 aromatic carbocycles. The Morgan fingerprint density at radius 1 is 1.26 bits per heavy atom. The van der Waals surface area contributed by atoms with Crippen LogP contribution in [0.1, 0.15) is 21.7 Å². The number of hydrogen-bond donors (Lipinski definition) is 2. The van der Waals surface area contributed by atoms with Gasteiger partial charge in [0.1, 0.15) is 0 Å². The van der Waals surface area contributed by atoms with Crippen LogP contribution in [0.2, 0.25) is 5.02 Å². The van der Waals surface area contributed by atoms with Crippen molar-refractivity contribution in [2.24, 2.45) is 0 Å². The summed E-state index contributed by atoms with van der Waals surface area (Å²) in [6.45, 7) is 3.66. The van der Waals surface area contributed by atoms with Crippen LogP contribution < -0.4 is 11.1 Å². The summed E-state index contributed by atoms with van der Waals surface area (Å²) in [6.07, 6.45) is 0. The lowest BCUT2D eigenvalue weighted by molar-refractivity contribution is 0.102. The summed E-state index contributed by atoms with van der Waals surface area (Å²) in [5.41, 5.74) is 7.87. The van der Waals surface area contributed by atoms with E-state index in [1.807, 2.05) is 19.9 Å². The van der Waals surface area contributed by atoms with Crippen LogP contribution in [-0.2, 0) is 0 Å². The lowest BCUT2D eigenvalue weighted by Crippen LogP contribution is -2.16. The van der Waals surface area contributed by atoms with E-state index in [0.717, 1.165) is 11.4 Å². The summed E-state index contributed by atoms with van der Waals surface area (Å²) in [7, 11) is 0. The van der Waals surface area contributed by atoms with Crippen LogP contribution in [-0.4, -0.2) is 15.9 Å². The van der Waals surface area contributed by atoms with Gasteiger partial charge in [0.05, 0.1) is 16.3 Å². The number of rotatable bonds is 2. The van der Waals surface area contributed by atoms with Crippen LogP contribution in [0, 0.1) is 13.8 Å². The molecule has 0 aliphatic heterocycles. The van der Waals surface area contributed by atoms with E-state index in [0.29, 0.717) is 10.6 Å². The minimum Gasteiger partial charge on any atom is -0.397 e. The van der Waals surface area contributed by atoms with Crippen molar-refractivity contribution in [1.29, 1.82) is 0 Å². The Bertz CT molecular complexity index is 622. The van der Waals surface area contributed by atoms with Gasteiger partial charge in [0.25, 0.3) is 5.91 Å². The summed E-state index contributed by atoms with van der Waals surface area (Å²) < 4.78 is 0. The van der Waals surface area contributed by atoms with Crippen molar-refractivity contribution < 1.29 is 4.79 Å². The number of aryl methyl sites for hydroxylation is 2. The number of nitrogens with two attached hydrogens (primary N) is 1. The first kappa shape index (κ1) is 13.3. The number of nitrogen functional groups attached to an aromatic ring is 1. The molecule has 0 saturated carbocycles. The molecule has 0 saturated heterocycles. The van der Waals surface area contributed by atoms with Crippen LogP contribution >= 0.6 is 11.6 Å². The van der Waals surface area contributed by atoms with Gasteiger partial charge in [-0.1, -0.05) is 17.7 Å². The molecular formula is C13H13ClN4O. The van der Waals surface area contributed by atoms with E-state index in [-0.39, 0.29) is 17.5 Å². The minimum absolute atomic E-state index is 0.242. The van der Waals surface area contributed by atoms with Crippen molar-refractivity contribution in [3.05, 3.63) is 46.2 Å². The number of hydrogen-bond acceptors (Lipinski definition) is 4. The molecule has 1 heterocycles. The molecule has 0 aliphatic rings. The van der Waals surface area contributed by atoms with Gasteiger partial charge >= 0.3 is 0 Å². The summed E-state index contributed by atoms with van der Waals surface area (Å²) in [4.78, 5) is 20.3. The molecule has 2 aromatic rings. The lowest BCUT2D eigenvalue weighted by Gasteiger charge is -2.08. The molecule has 5 nitrogen and oxygen atoms in total. The van der Waals surface area contributed by atoms with Crippen molar-refractivity contribution in [2.75, 3.05) is 11.1 Å². The van der Waals surface area contributed by atoms with Crippen LogP contribution in [0.25, 0.3) is 0 Å². The molecule has 0 atom stereocenters. The second-order valence-corrected chi connectivity index (χ2v) is 4.54. The Balaban J connectivity index is 2.28. The van der Waals surface area contributed by atoms with Gasteiger partial charge in [-0.05, 0) is 32.0 Å². The zero-order chi connectivity index (χ0) is 14.0. The maximum atomic E-state index is 12.1. The topological polar surface area (TPSA) is 80.9 Å². The number of amides is 1. The average molecular weight is 277 g/mol. The normalized spacial score (nSPS) is 10.3. The molecule has 0 fully saturated rings. The van der Waals surface area contributed by atoms with Gasteiger partial charge in [-0.3, -0.25) is 10.1 Å². The summed E-state index contributed by atoms with van der Waals surface area (Å²) in [5.74, 6) is -0.133. The number of anilines is 2. The number of nitrogens with one attached hydrogen (secondary N) is 1. The highest BCUT2D eigenvalue weighted by atomic mass is 35.5. The quantitative estimate of drug-likeness (QED) is 0.826. The first-order chi connectivity index (χ1) is 8.97. The van der Waals surface area contributed by atoms with E-state index in [1.165, 1.54) is 0 Å². The summed E-state index contributed by atoms with van der Waals surface area (Å²) >= 11 is 5.88. The number of carbonyl (C=O) groups excluding carboxylic acids is 1. The number of benzene rings is 1. The molecule has 1 amide bonds. The van der Waals surface area contributed by atoms with Crippen molar-refractivity contribution >= 4 is 29.1 Å². The lowest BCUT2D eigenvalue weighted by atomic mass is 10.1. The number of para-hydroxylation sites is 1. The van der Waals surface area contributed by atoms with Gasteiger partial charge in [-0.2, -0.15) is 0 Å². The van der Waals surface area contributed by atoms with Crippen LogP contribution in [0.5, 0.6) is 0 Å². The van der Waals surface area contributed by atoms with Crippen LogP contribution in [0.15, 0.2) is 24.3 Å². The fraction of sp³-hybridized carbons (Fsp3) is 0.154. The van der Waals surface area contributed by atoms with Gasteiger partial charge in [0, 0.05) is 11.4 Å². The highest BCUT2D eigenvalue weighted by Gasteiger charge is 2.13. The monoisotopic (exact) mass is 276 g/mol. The van der Waals surface area contributed by atoms with Crippen molar-refractivity contribution in [1.82, 2.24) is 9.97 Å². The van der Waals surface area contributed by atoms with E-state index < -0.39 is 0 Å². The fourth-order valence-corrected chi connectivity index (χ4v) is 1.86. The molecule has 0 bridgehead atoms. The van der Waals surface area contributed by atoms with Crippen LogP contribution in [0.4, 0.5) is 11.6 Å². The van der Waals surface area contributed by atoms with E-state index in [9.17, 15) is 4.79 Å². The highest BCUT2D eigenvalue weighted by molar-refractivity contribution is 6.34.